The topological polar surface area (TPSA) is 26.0 Å². The van der Waals surface area contributed by atoms with Crippen LogP contribution < -0.4 is 5.73 Å². The molecule has 0 radical (unpaired) electrons. The maximum atomic E-state index is 6.49. The van der Waals surface area contributed by atoms with Crippen LogP contribution >= 0.6 is 27.5 Å². The van der Waals surface area contributed by atoms with Gasteiger partial charge in [0.05, 0.1) is 6.04 Å². The maximum absolute atomic E-state index is 6.49. The summed E-state index contributed by atoms with van der Waals surface area (Å²) in [5.41, 5.74) is 9.87. The van der Waals surface area contributed by atoms with Gasteiger partial charge in [-0.2, -0.15) is 0 Å². The first-order chi connectivity index (χ1) is 10.1. The molecule has 0 fully saturated rings. The molecule has 106 valence electrons. The lowest BCUT2D eigenvalue weighted by Gasteiger charge is -2.17. The van der Waals surface area contributed by atoms with Crippen LogP contribution in [0.2, 0.25) is 5.02 Å². The minimum atomic E-state index is -0.203. The number of hydrogen-bond acceptors (Lipinski definition) is 1. The molecule has 2 N–H and O–H groups in total. The van der Waals surface area contributed by atoms with E-state index in [1.807, 2.05) is 24.3 Å². The van der Waals surface area contributed by atoms with Gasteiger partial charge in [0.25, 0.3) is 0 Å². The summed E-state index contributed by atoms with van der Waals surface area (Å²) in [6.45, 7) is 2.12. The van der Waals surface area contributed by atoms with Crippen molar-refractivity contribution in [1.29, 1.82) is 0 Å². The smallest absolute Gasteiger partial charge is 0.0558 e. The predicted molar refractivity (Wildman–Crippen MR) is 93.9 cm³/mol. The Labute approximate surface area is 137 Å². The second kappa shape index (κ2) is 5.80. The van der Waals surface area contributed by atoms with Gasteiger partial charge in [-0.05, 0) is 52.6 Å². The molecular weight excluding hydrogens is 346 g/mol. The first-order valence-electron chi connectivity index (χ1n) is 6.76. The van der Waals surface area contributed by atoms with Crippen LogP contribution in [0, 0.1) is 6.92 Å². The average Bonchev–Trinajstić information content (AvgIpc) is 2.46. The molecule has 1 unspecified atom stereocenters. The van der Waals surface area contributed by atoms with E-state index in [2.05, 4.69) is 53.2 Å². The summed E-state index contributed by atoms with van der Waals surface area (Å²) in [5, 5.41) is 3.12. The molecule has 0 amide bonds. The maximum Gasteiger partial charge on any atom is 0.0558 e. The van der Waals surface area contributed by atoms with Crippen molar-refractivity contribution in [2.75, 3.05) is 0 Å². The first kappa shape index (κ1) is 14.6. The summed E-state index contributed by atoms with van der Waals surface area (Å²) in [5.74, 6) is 0. The molecule has 0 spiro atoms. The molecule has 3 aromatic carbocycles. The SMILES string of the molecule is Cc1ccc(C(N)c2cc(Cl)cc(Br)c2)c2ccccc12. The molecule has 0 saturated carbocycles. The monoisotopic (exact) mass is 359 g/mol. The Kier molecular flexibility index (Phi) is 4.03. The molecule has 0 bridgehead atoms. The molecule has 0 heterocycles. The third-order valence-electron chi connectivity index (χ3n) is 3.75. The Hall–Kier alpha value is -1.35. The van der Waals surface area contributed by atoms with Crippen LogP contribution in [0.4, 0.5) is 0 Å². The quantitative estimate of drug-likeness (QED) is 0.631. The second-order valence-corrected chi connectivity index (χ2v) is 6.55. The Morgan fingerprint density at radius 2 is 1.71 bits per heavy atom. The van der Waals surface area contributed by atoms with Crippen LogP contribution in [0.3, 0.4) is 0 Å². The number of fused-ring (bicyclic) bond motifs is 1. The Bertz CT molecular complexity index is 793. The van der Waals surface area contributed by atoms with Gasteiger partial charge in [0, 0.05) is 9.50 Å². The van der Waals surface area contributed by atoms with Gasteiger partial charge in [-0.15, -0.1) is 0 Å². The fourth-order valence-electron chi connectivity index (χ4n) is 2.68. The summed E-state index contributed by atoms with van der Waals surface area (Å²) in [7, 11) is 0. The number of nitrogens with two attached hydrogens (primary N) is 1. The molecule has 0 aliphatic heterocycles. The average molecular weight is 361 g/mol. The van der Waals surface area contributed by atoms with E-state index in [4.69, 9.17) is 17.3 Å². The molecule has 0 aliphatic rings. The van der Waals surface area contributed by atoms with E-state index >= 15 is 0 Å². The summed E-state index contributed by atoms with van der Waals surface area (Å²) in [6, 6.07) is 18.2. The molecular formula is C18H15BrClN. The van der Waals surface area contributed by atoms with Crippen LogP contribution in [-0.4, -0.2) is 0 Å². The number of halogens is 2. The van der Waals surface area contributed by atoms with Crippen molar-refractivity contribution < 1.29 is 0 Å². The summed E-state index contributed by atoms with van der Waals surface area (Å²) in [6.07, 6.45) is 0. The van der Waals surface area contributed by atoms with E-state index in [0.717, 1.165) is 15.6 Å². The minimum Gasteiger partial charge on any atom is -0.320 e. The van der Waals surface area contributed by atoms with E-state index in [1.165, 1.54) is 16.3 Å². The molecule has 21 heavy (non-hydrogen) atoms. The molecule has 0 aliphatic carbocycles. The van der Waals surface area contributed by atoms with E-state index < -0.39 is 0 Å². The lowest BCUT2D eigenvalue weighted by Crippen LogP contribution is -2.12. The summed E-state index contributed by atoms with van der Waals surface area (Å²) < 4.78 is 0.942. The third-order valence-corrected chi connectivity index (χ3v) is 4.43. The van der Waals surface area contributed by atoms with Gasteiger partial charge < -0.3 is 5.73 Å². The summed E-state index contributed by atoms with van der Waals surface area (Å²) in [4.78, 5) is 0. The lowest BCUT2D eigenvalue weighted by molar-refractivity contribution is 0.879. The highest BCUT2D eigenvalue weighted by atomic mass is 79.9. The van der Waals surface area contributed by atoms with Crippen molar-refractivity contribution in [3.05, 3.63) is 80.8 Å². The van der Waals surface area contributed by atoms with Crippen molar-refractivity contribution >= 4 is 38.3 Å². The van der Waals surface area contributed by atoms with Crippen molar-refractivity contribution in [1.82, 2.24) is 0 Å². The summed E-state index contributed by atoms with van der Waals surface area (Å²) >= 11 is 9.61. The standard InChI is InChI=1S/C18H15BrClN/c1-11-6-7-17(16-5-3-2-4-15(11)16)18(21)12-8-13(19)10-14(20)9-12/h2-10,18H,21H2,1H3. The Morgan fingerprint density at radius 3 is 2.43 bits per heavy atom. The van der Waals surface area contributed by atoms with Crippen molar-refractivity contribution in [3.63, 3.8) is 0 Å². The van der Waals surface area contributed by atoms with E-state index in [9.17, 15) is 0 Å². The van der Waals surface area contributed by atoms with E-state index in [0.29, 0.717) is 5.02 Å². The highest BCUT2D eigenvalue weighted by Crippen LogP contribution is 2.31. The van der Waals surface area contributed by atoms with Gasteiger partial charge in [0.15, 0.2) is 0 Å². The normalized spacial score (nSPS) is 12.6. The van der Waals surface area contributed by atoms with Crippen molar-refractivity contribution in [3.8, 4) is 0 Å². The van der Waals surface area contributed by atoms with E-state index in [-0.39, 0.29) is 6.04 Å². The number of rotatable bonds is 2. The van der Waals surface area contributed by atoms with Gasteiger partial charge in [-0.1, -0.05) is 63.9 Å². The van der Waals surface area contributed by atoms with Crippen LogP contribution in [0.25, 0.3) is 10.8 Å². The Balaban J connectivity index is 2.18. The van der Waals surface area contributed by atoms with Gasteiger partial charge in [0.2, 0.25) is 0 Å². The fourth-order valence-corrected chi connectivity index (χ4v) is 3.56. The lowest BCUT2D eigenvalue weighted by atomic mass is 9.92. The fraction of sp³-hybridized carbons (Fsp3) is 0.111. The molecule has 1 nitrogen and oxygen atoms in total. The van der Waals surface area contributed by atoms with Gasteiger partial charge >= 0.3 is 0 Å². The van der Waals surface area contributed by atoms with Gasteiger partial charge in [-0.3, -0.25) is 0 Å². The number of aryl methyl sites for hydroxylation is 1. The zero-order valence-corrected chi connectivity index (χ0v) is 13.9. The van der Waals surface area contributed by atoms with Crippen LogP contribution in [-0.2, 0) is 0 Å². The van der Waals surface area contributed by atoms with E-state index in [1.54, 1.807) is 0 Å². The zero-order chi connectivity index (χ0) is 15.0. The number of benzene rings is 3. The highest BCUT2D eigenvalue weighted by molar-refractivity contribution is 9.10. The Morgan fingerprint density at radius 1 is 1.00 bits per heavy atom. The molecule has 0 aromatic heterocycles. The highest BCUT2D eigenvalue weighted by Gasteiger charge is 2.14. The van der Waals surface area contributed by atoms with Crippen molar-refractivity contribution in [2.24, 2.45) is 5.73 Å². The largest absolute Gasteiger partial charge is 0.320 e. The van der Waals surface area contributed by atoms with Gasteiger partial charge in [0.1, 0.15) is 0 Å². The molecule has 3 rings (SSSR count). The third kappa shape index (κ3) is 2.84. The number of hydrogen-bond donors (Lipinski definition) is 1. The van der Waals surface area contributed by atoms with Crippen LogP contribution in [0.5, 0.6) is 0 Å². The zero-order valence-electron chi connectivity index (χ0n) is 11.6. The second-order valence-electron chi connectivity index (χ2n) is 5.20. The minimum absolute atomic E-state index is 0.203. The first-order valence-corrected chi connectivity index (χ1v) is 7.93. The molecule has 3 aromatic rings. The van der Waals surface area contributed by atoms with Crippen LogP contribution in [0.1, 0.15) is 22.7 Å². The van der Waals surface area contributed by atoms with Crippen LogP contribution in [0.15, 0.2) is 59.1 Å². The molecule has 1 atom stereocenters. The molecule has 0 saturated heterocycles. The predicted octanol–water partition coefficient (Wildman–Crippen LogP) is 5.61. The van der Waals surface area contributed by atoms with Gasteiger partial charge in [-0.25, -0.2) is 0 Å². The van der Waals surface area contributed by atoms with Crippen molar-refractivity contribution in [2.45, 2.75) is 13.0 Å². The molecule has 3 heteroatoms.